The van der Waals surface area contributed by atoms with Gasteiger partial charge in [-0.2, -0.15) is 11.8 Å². The van der Waals surface area contributed by atoms with Gasteiger partial charge in [-0.15, -0.1) is 0 Å². The number of carbonyl (C=O) groups excluding carboxylic acids is 1. The van der Waals surface area contributed by atoms with Gasteiger partial charge in [0.05, 0.1) is 0 Å². The molecule has 0 radical (unpaired) electrons. The highest BCUT2D eigenvalue weighted by molar-refractivity contribution is 7.99. The van der Waals surface area contributed by atoms with Crippen LogP contribution in [0.4, 0.5) is 0 Å². The molecular formula is C20H21NO3S. The van der Waals surface area contributed by atoms with Gasteiger partial charge in [0.1, 0.15) is 0 Å². The zero-order chi connectivity index (χ0) is 17.2. The summed E-state index contributed by atoms with van der Waals surface area (Å²) in [7, 11) is 0. The van der Waals surface area contributed by atoms with E-state index < -0.39 is 0 Å². The predicted molar refractivity (Wildman–Crippen MR) is 99.5 cm³/mol. The van der Waals surface area contributed by atoms with Crippen LogP contribution in [-0.2, 0) is 0 Å². The Bertz CT molecular complexity index is 792. The van der Waals surface area contributed by atoms with Gasteiger partial charge in [0.2, 0.25) is 6.79 Å². The van der Waals surface area contributed by atoms with Gasteiger partial charge in [-0.1, -0.05) is 24.3 Å². The van der Waals surface area contributed by atoms with Crippen LogP contribution >= 0.6 is 11.8 Å². The van der Waals surface area contributed by atoms with E-state index in [9.17, 15) is 4.79 Å². The molecule has 2 aliphatic rings. The number of amides is 1. The SMILES string of the molecule is Cc1ccccc1C(=O)N1CCSC(c2ccc3c(c2)OCO3)CC1. The second-order valence-corrected chi connectivity index (χ2v) is 7.68. The number of hydrogen-bond donors (Lipinski definition) is 0. The Balaban J connectivity index is 1.47. The second kappa shape index (κ2) is 7.00. The third-order valence-corrected chi connectivity index (χ3v) is 6.10. The highest BCUT2D eigenvalue weighted by Crippen LogP contribution is 2.40. The molecule has 2 aliphatic heterocycles. The quantitative estimate of drug-likeness (QED) is 0.815. The predicted octanol–water partition coefficient (Wildman–Crippen LogP) is 4.04. The first-order valence-corrected chi connectivity index (χ1v) is 9.63. The normalized spacial score (nSPS) is 19.6. The summed E-state index contributed by atoms with van der Waals surface area (Å²) < 4.78 is 10.9. The van der Waals surface area contributed by atoms with Gasteiger partial charge in [0.15, 0.2) is 11.5 Å². The van der Waals surface area contributed by atoms with Gasteiger partial charge in [0, 0.05) is 29.7 Å². The smallest absolute Gasteiger partial charge is 0.254 e. The van der Waals surface area contributed by atoms with Gasteiger partial charge < -0.3 is 14.4 Å². The van der Waals surface area contributed by atoms with Crippen LogP contribution in [0, 0.1) is 6.92 Å². The maximum absolute atomic E-state index is 12.9. The molecule has 2 heterocycles. The molecule has 2 aromatic carbocycles. The Labute approximate surface area is 152 Å². The van der Waals surface area contributed by atoms with Gasteiger partial charge in [-0.25, -0.2) is 0 Å². The molecule has 0 spiro atoms. The van der Waals surface area contributed by atoms with Crippen LogP contribution in [0.2, 0.25) is 0 Å². The number of fused-ring (bicyclic) bond motifs is 1. The lowest BCUT2D eigenvalue weighted by Gasteiger charge is -2.21. The maximum Gasteiger partial charge on any atom is 0.254 e. The molecule has 0 saturated carbocycles. The first kappa shape index (κ1) is 16.3. The van der Waals surface area contributed by atoms with Crippen LogP contribution in [0.15, 0.2) is 42.5 Å². The van der Waals surface area contributed by atoms with E-state index in [1.165, 1.54) is 5.56 Å². The monoisotopic (exact) mass is 355 g/mol. The van der Waals surface area contributed by atoms with E-state index in [4.69, 9.17) is 9.47 Å². The molecule has 4 rings (SSSR count). The molecule has 1 unspecified atom stereocenters. The Morgan fingerprint density at radius 1 is 1.12 bits per heavy atom. The van der Waals surface area contributed by atoms with Crippen LogP contribution in [0.3, 0.4) is 0 Å². The highest BCUT2D eigenvalue weighted by Gasteiger charge is 2.25. The molecule has 1 fully saturated rings. The average Bonchev–Trinajstić information content (AvgIpc) is 2.96. The highest BCUT2D eigenvalue weighted by atomic mass is 32.2. The van der Waals surface area contributed by atoms with Crippen molar-refractivity contribution >= 4 is 17.7 Å². The fourth-order valence-electron chi connectivity index (χ4n) is 3.34. The van der Waals surface area contributed by atoms with Crippen LogP contribution in [-0.4, -0.2) is 36.4 Å². The van der Waals surface area contributed by atoms with Crippen molar-refractivity contribution in [2.75, 3.05) is 25.6 Å². The standard InChI is InChI=1S/C20H21NO3S/c1-14-4-2-3-5-16(14)20(22)21-9-8-19(25-11-10-21)15-6-7-17-18(12-15)24-13-23-17/h2-7,12,19H,8-11,13H2,1H3. The summed E-state index contributed by atoms with van der Waals surface area (Å²) in [5, 5.41) is 0.379. The number of rotatable bonds is 2. The average molecular weight is 355 g/mol. The van der Waals surface area contributed by atoms with E-state index in [1.807, 2.05) is 53.9 Å². The molecule has 1 amide bonds. The van der Waals surface area contributed by atoms with Gasteiger partial charge in [-0.05, 0) is 42.7 Å². The third kappa shape index (κ3) is 3.33. The van der Waals surface area contributed by atoms with Crippen LogP contribution < -0.4 is 9.47 Å². The van der Waals surface area contributed by atoms with Gasteiger partial charge >= 0.3 is 0 Å². The number of aryl methyl sites for hydroxylation is 1. The fourth-order valence-corrected chi connectivity index (χ4v) is 4.56. The fraction of sp³-hybridized carbons (Fsp3) is 0.350. The number of nitrogens with zero attached hydrogens (tertiary/aromatic N) is 1. The van der Waals surface area contributed by atoms with Crippen LogP contribution in [0.1, 0.15) is 33.2 Å². The molecule has 2 aromatic rings. The number of benzene rings is 2. The van der Waals surface area contributed by atoms with E-state index in [-0.39, 0.29) is 5.91 Å². The summed E-state index contributed by atoms with van der Waals surface area (Å²) in [4.78, 5) is 14.8. The largest absolute Gasteiger partial charge is 0.454 e. The van der Waals surface area contributed by atoms with Crippen LogP contribution in [0.5, 0.6) is 11.5 Å². The molecule has 130 valence electrons. The van der Waals surface area contributed by atoms with Crippen molar-refractivity contribution in [2.24, 2.45) is 0 Å². The molecule has 1 saturated heterocycles. The van der Waals surface area contributed by atoms with E-state index in [1.54, 1.807) is 0 Å². The summed E-state index contributed by atoms with van der Waals surface area (Å²) in [6, 6.07) is 14.0. The Kier molecular flexibility index (Phi) is 4.57. The zero-order valence-corrected chi connectivity index (χ0v) is 15.1. The molecule has 1 atom stereocenters. The first-order valence-electron chi connectivity index (χ1n) is 8.58. The third-order valence-electron chi connectivity index (χ3n) is 4.77. The molecule has 0 aliphatic carbocycles. The summed E-state index contributed by atoms with van der Waals surface area (Å²) in [6.07, 6.45) is 0.946. The maximum atomic E-state index is 12.9. The van der Waals surface area contributed by atoms with Gasteiger partial charge in [-0.3, -0.25) is 4.79 Å². The second-order valence-electron chi connectivity index (χ2n) is 6.37. The molecule has 4 nitrogen and oxygen atoms in total. The topological polar surface area (TPSA) is 38.8 Å². The Morgan fingerprint density at radius 3 is 2.84 bits per heavy atom. The lowest BCUT2D eigenvalue weighted by Crippen LogP contribution is -2.33. The summed E-state index contributed by atoms with van der Waals surface area (Å²) in [6.45, 7) is 3.86. The van der Waals surface area contributed by atoms with Crippen molar-refractivity contribution in [3.63, 3.8) is 0 Å². The van der Waals surface area contributed by atoms with E-state index >= 15 is 0 Å². The number of hydrogen-bond acceptors (Lipinski definition) is 4. The lowest BCUT2D eigenvalue weighted by molar-refractivity contribution is 0.0766. The Hall–Kier alpha value is -2.14. The molecule has 0 bridgehead atoms. The number of ether oxygens (including phenoxy) is 2. The molecule has 0 N–H and O–H groups in total. The van der Waals surface area contributed by atoms with Crippen molar-refractivity contribution in [2.45, 2.75) is 18.6 Å². The summed E-state index contributed by atoms with van der Waals surface area (Å²) in [5.74, 6) is 2.73. The molecule has 5 heteroatoms. The van der Waals surface area contributed by atoms with Crippen molar-refractivity contribution in [3.8, 4) is 11.5 Å². The zero-order valence-electron chi connectivity index (χ0n) is 14.2. The number of thioether (sulfide) groups is 1. The van der Waals surface area contributed by atoms with E-state index in [0.29, 0.717) is 12.0 Å². The van der Waals surface area contributed by atoms with Crippen molar-refractivity contribution in [1.82, 2.24) is 4.90 Å². The summed E-state index contributed by atoms with van der Waals surface area (Å²) in [5.41, 5.74) is 3.10. The Morgan fingerprint density at radius 2 is 1.96 bits per heavy atom. The van der Waals surface area contributed by atoms with Crippen molar-refractivity contribution in [1.29, 1.82) is 0 Å². The summed E-state index contributed by atoms with van der Waals surface area (Å²) >= 11 is 1.91. The number of carbonyl (C=O) groups is 1. The molecule has 25 heavy (non-hydrogen) atoms. The minimum atomic E-state index is 0.144. The van der Waals surface area contributed by atoms with Gasteiger partial charge in [0.25, 0.3) is 5.91 Å². The van der Waals surface area contributed by atoms with Crippen molar-refractivity contribution in [3.05, 3.63) is 59.2 Å². The minimum absolute atomic E-state index is 0.144. The first-order chi connectivity index (χ1) is 12.2. The van der Waals surface area contributed by atoms with E-state index in [0.717, 1.165) is 47.9 Å². The molecule has 0 aromatic heterocycles. The molecular weight excluding hydrogens is 334 g/mol. The van der Waals surface area contributed by atoms with Crippen molar-refractivity contribution < 1.29 is 14.3 Å². The van der Waals surface area contributed by atoms with E-state index in [2.05, 4.69) is 12.1 Å². The van der Waals surface area contributed by atoms with Crippen LogP contribution in [0.25, 0.3) is 0 Å². The lowest BCUT2D eigenvalue weighted by atomic mass is 10.1. The minimum Gasteiger partial charge on any atom is -0.454 e.